The largest absolute Gasteiger partial charge is 0.396 e. The van der Waals surface area contributed by atoms with Gasteiger partial charge in [0.2, 0.25) is 0 Å². The van der Waals surface area contributed by atoms with Crippen LogP contribution in [0.3, 0.4) is 0 Å². The Morgan fingerprint density at radius 3 is 1.54 bits per heavy atom. The van der Waals surface area contributed by atoms with Crippen molar-refractivity contribution in [1.29, 1.82) is 0 Å². The highest BCUT2D eigenvalue weighted by Gasteiger charge is 2.27. The van der Waals surface area contributed by atoms with Gasteiger partial charge in [-0.3, -0.25) is 9.80 Å². The van der Waals surface area contributed by atoms with Crippen LogP contribution in [0.5, 0.6) is 0 Å². The average molecular weight is 497 g/mol. The molecular weight excluding hydrogens is 432 g/mol. The number of rotatable bonds is 24. The second-order valence-electron chi connectivity index (χ2n) is 11.5. The standard InChI is InChI=1S/C31H64N2O2/c1-6-30(7-2,19-12-11-15-26-34)20-13-16-27-35-28-17-14-21-31(8-3,9-4)22-18-23-33-25-24-32(10-5)29-33/h34H,6-29H2,1-5H3. The van der Waals surface area contributed by atoms with Gasteiger partial charge in [-0.25, -0.2) is 0 Å². The van der Waals surface area contributed by atoms with Crippen molar-refractivity contribution in [3.8, 4) is 0 Å². The molecule has 1 saturated heterocycles. The molecule has 0 aromatic heterocycles. The first kappa shape index (κ1) is 32.9. The van der Waals surface area contributed by atoms with E-state index in [2.05, 4.69) is 44.4 Å². The number of hydrogen-bond donors (Lipinski definition) is 1. The van der Waals surface area contributed by atoms with Crippen LogP contribution in [0.1, 0.15) is 137 Å². The molecule has 1 heterocycles. The van der Waals surface area contributed by atoms with Crippen molar-refractivity contribution >= 4 is 0 Å². The zero-order valence-electron chi connectivity index (χ0n) is 24.7. The van der Waals surface area contributed by atoms with E-state index in [4.69, 9.17) is 9.84 Å². The molecule has 0 spiro atoms. The minimum atomic E-state index is 0.345. The van der Waals surface area contributed by atoms with E-state index in [0.29, 0.717) is 17.4 Å². The van der Waals surface area contributed by atoms with Crippen molar-refractivity contribution < 1.29 is 9.84 Å². The number of unbranched alkanes of at least 4 members (excludes halogenated alkanes) is 4. The van der Waals surface area contributed by atoms with Gasteiger partial charge in [0.15, 0.2) is 0 Å². The van der Waals surface area contributed by atoms with E-state index in [-0.39, 0.29) is 0 Å². The molecule has 35 heavy (non-hydrogen) atoms. The van der Waals surface area contributed by atoms with Gasteiger partial charge in [0.05, 0.1) is 6.67 Å². The molecule has 1 fully saturated rings. The Balaban J connectivity index is 2.14. The van der Waals surface area contributed by atoms with Crippen molar-refractivity contribution in [3.63, 3.8) is 0 Å². The summed E-state index contributed by atoms with van der Waals surface area (Å²) in [6.07, 6.45) is 20.4. The topological polar surface area (TPSA) is 35.9 Å². The van der Waals surface area contributed by atoms with Crippen molar-refractivity contribution in [2.45, 2.75) is 137 Å². The van der Waals surface area contributed by atoms with Crippen LogP contribution in [-0.2, 0) is 4.74 Å². The second kappa shape index (κ2) is 19.9. The van der Waals surface area contributed by atoms with Gasteiger partial charge in [-0.1, -0.05) is 86.0 Å². The highest BCUT2D eigenvalue weighted by atomic mass is 16.5. The zero-order valence-corrected chi connectivity index (χ0v) is 24.7. The van der Waals surface area contributed by atoms with Crippen LogP contribution < -0.4 is 0 Å². The van der Waals surface area contributed by atoms with Crippen LogP contribution in [0.25, 0.3) is 0 Å². The summed E-state index contributed by atoms with van der Waals surface area (Å²) in [5.74, 6) is 0. The molecule has 1 N–H and O–H groups in total. The Morgan fingerprint density at radius 1 is 0.600 bits per heavy atom. The lowest BCUT2D eigenvalue weighted by Gasteiger charge is -2.33. The Kier molecular flexibility index (Phi) is 18.7. The number of aliphatic hydroxyl groups excluding tert-OH is 1. The fourth-order valence-corrected chi connectivity index (χ4v) is 6.29. The molecule has 0 saturated carbocycles. The third-order valence-electron chi connectivity index (χ3n) is 9.62. The fraction of sp³-hybridized carbons (Fsp3) is 1.00. The van der Waals surface area contributed by atoms with Gasteiger partial charge < -0.3 is 9.84 Å². The number of hydrogen-bond acceptors (Lipinski definition) is 4. The van der Waals surface area contributed by atoms with Gasteiger partial charge in [-0.05, 0) is 75.3 Å². The van der Waals surface area contributed by atoms with Crippen molar-refractivity contribution in [2.24, 2.45) is 10.8 Å². The van der Waals surface area contributed by atoms with Crippen molar-refractivity contribution in [3.05, 3.63) is 0 Å². The lowest BCUT2D eigenvalue weighted by Crippen LogP contribution is -2.27. The highest BCUT2D eigenvalue weighted by molar-refractivity contribution is 4.79. The first-order valence-corrected chi connectivity index (χ1v) is 15.7. The third kappa shape index (κ3) is 13.3. The van der Waals surface area contributed by atoms with Gasteiger partial charge >= 0.3 is 0 Å². The van der Waals surface area contributed by atoms with E-state index in [0.717, 1.165) is 19.6 Å². The van der Waals surface area contributed by atoms with E-state index in [1.165, 1.54) is 129 Å². The Labute approximate surface area is 220 Å². The van der Waals surface area contributed by atoms with E-state index < -0.39 is 0 Å². The predicted octanol–water partition coefficient (Wildman–Crippen LogP) is 7.88. The molecule has 1 aliphatic heterocycles. The smallest absolute Gasteiger partial charge is 0.0507 e. The third-order valence-corrected chi connectivity index (χ3v) is 9.62. The summed E-state index contributed by atoms with van der Waals surface area (Å²) in [7, 11) is 0. The summed E-state index contributed by atoms with van der Waals surface area (Å²) in [4.78, 5) is 5.20. The number of aliphatic hydroxyl groups is 1. The Hall–Kier alpha value is -0.160. The summed E-state index contributed by atoms with van der Waals surface area (Å²) in [6.45, 7) is 20.2. The van der Waals surface area contributed by atoms with Crippen LogP contribution in [0.15, 0.2) is 0 Å². The maximum atomic E-state index is 9.02. The lowest BCUT2D eigenvalue weighted by atomic mass is 9.74. The highest BCUT2D eigenvalue weighted by Crippen LogP contribution is 2.39. The van der Waals surface area contributed by atoms with Gasteiger partial charge in [-0.2, -0.15) is 0 Å². The molecule has 1 rings (SSSR count). The summed E-state index contributed by atoms with van der Waals surface area (Å²) in [5.41, 5.74) is 1.06. The maximum Gasteiger partial charge on any atom is 0.0507 e. The van der Waals surface area contributed by atoms with Crippen molar-refractivity contribution in [1.82, 2.24) is 9.80 Å². The second-order valence-corrected chi connectivity index (χ2v) is 11.5. The van der Waals surface area contributed by atoms with Crippen molar-refractivity contribution in [2.75, 3.05) is 52.7 Å². The molecule has 4 nitrogen and oxygen atoms in total. The summed E-state index contributed by atoms with van der Waals surface area (Å²) < 4.78 is 6.04. The molecule has 0 amide bonds. The first-order valence-electron chi connectivity index (χ1n) is 15.7. The number of likely N-dealkylation sites (N-methyl/N-ethyl adjacent to an activating group) is 1. The van der Waals surface area contributed by atoms with Gasteiger partial charge in [0.1, 0.15) is 0 Å². The first-order chi connectivity index (χ1) is 17.0. The van der Waals surface area contributed by atoms with E-state index in [1.807, 2.05) is 0 Å². The minimum absolute atomic E-state index is 0.345. The molecule has 4 heteroatoms. The summed E-state index contributed by atoms with van der Waals surface area (Å²) in [6, 6.07) is 0. The average Bonchev–Trinajstić information content (AvgIpc) is 3.36. The number of nitrogens with zero attached hydrogens (tertiary/aromatic N) is 2. The Bertz CT molecular complexity index is 477. The minimum Gasteiger partial charge on any atom is -0.396 e. The molecule has 0 bridgehead atoms. The van der Waals surface area contributed by atoms with Crippen LogP contribution in [0.2, 0.25) is 0 Å². The molecule has 0 unspecified atom stereocenters. The van der Waals surface area contributed by atoms with Crippen LogP contribution in [0.4, 0.5) is 0 Å². The van der Waals surface area contributed by atoms with Gasteiger partial charge in [0, 0.05) is 32.9 Å². The van der Waals surface area contributed by atoms with E-state index in [9.17, 15) is 0 Å². The molecule has 0 aliphatic carbocycles. The van der Waals surface area contributed by atoms with Gasteiger partial charge in [-0.15, -0.1) is 0 Å². The molecule has 0 atom stereocenters. The van der Waals surface area contributed by atoms with Crippen LogP contribution in [0, 0.1) is 10.8 Å². The molecule has 0 radical (unpaired) electrons. The zero-order chi connectivity index (χ0) is 25.8. The lowest BCUT2D eigenvalue weighted by molar-refractivity contribution is 0.113. The number of ether oxygens (including phenoxy) is 1. The van der Waals surface area contributed by atoms with E-state index in [1.54, 1.807) is 0 Å². The predicted molar refractivity (Wildman–Crippen MR) is 153 cm³/mol. The molecule has 210 valence electrons. The molecule has 1 aliphatic rings. The monoisotopic (exact) mass is 496 g/mol. The van der Waals surface area contributed by atoms with Gasteiger partial charge in [0.25, 0.3) is 0 Å². The molecule has 0 aromatic rings. The molecule has 0 aromatic carbocycles. The van der Waals surface area contributed by atoms with Crippen LogP contribution in [-0.4, -0.2) is 67.6 Å². The summed E-state index contributed by atoms with van der Waals surface area (Å²) in [5, 5.41) is 9.02. The SMILES string of the molecule is CCN1CCN(CCCC(CC)(CC)CCCCOCCCCC(CC)(CC)CCCCCO)C1. The van der Waals surface area contributed by atoms with Crippen LogP contribution >= 0.6 is 0 Å². The fourth-order valence-electron chi connectivity index (χ4n) is 6.29. The quantitative estimate of drug-likeness (QED) is 0.138. The normalized spacial score (nSPS) is 15.9. The maximum absolute atomic E-state index is 9.02. The summed E-state index contributed by atoms with van der Waals surface area (Å²) >= 11 is 0. The van der Waals surface area contributed by atoms with E-state index >= 15 is 0 Å². The molecular formula is C31H64N2O2. The Morgan fingerprint density at radius 2 is 1.09 bits per heavy atom.